The fourth-order valence-electron chi connectivity index (χ4n) is 9.02. The van der Waals surface area contributed by atoms with Crippen LogP contribution in [0.3, 0.4) is 0 Å². The fourth-order valence-corrected chi connectivity index (χ4v) is 9.02. The summed E-state index contributed by atoms with van der Waals surface area (Å²) in [7, 11) is 0. The molecule has 10 rings (SSSR count). The first-order chi connectivity index (χ1) is 26.6. The first kappa shape index (κ1) is 32.0. The summed E-state index contributed by atoms with van der Waals surface area (Å²) >= 11 is 0. The van der Waals surface area contributed by atoms with Crippen molar-refractivity contribution in [1.82, 2.24) is 0 Å². The van der Waals surface area contributed by atoms with E-state index in [2.05, 4.69) is 219 Å². The van der Waals surface area contributed by atoms with Crippen LogP contribution < -0.4 is 4.90 Å². The van der Waals surface area contributed by atoms with Gasteiger partial charge in [0.2, 0.25) is 0 Å². The molecule has 0 amide bonds. The normalized spacial score (nSPS) is 12.8. The number of benzene rings is 9. The van der Waals surface area contributed by atoms with Crippen molar-refractivity contribution in [3.63, 3.8) is 0 Å². The molecule has 0 unspecified atom stereocenters. The molecule has 0 heterocycles. The van der Waals surface area contributed by atoms with E-state index in [9.17, 15) is 0 Å². The Morgan fingerprint density at radius 2 is 0.907 bits per heavy atom. The van der Waals surface area contributed by atoms with Gasteiger partial charge < -0.3 is 4.90 Å². The van der Waals surface area contributed by atoms with Crippen LogP contribution in [0.25, 0.3) is 66.1 Å². The van der Waals surface area contributed by atoms with Crippen molar-refractivity contribution < 1.29 is 0 Å². The molecule has 0 atom stereocenters. The average Bonchev–Trinajstić information content (AvgIpc) is 3.47. The molecule has 54 heavy (non-hydrogen) atoms. The highest BCUT2D eigenvalue weighted by Gasteiger charge is 2.39. The zero-order valence-corrected chi connectivity index (χ0v) is 30.5. The van der Waals surface area contributed by atoms with Gasteiger partial charge in [0.1, 0.15) is 0 Å². The van der Waals surface area contributed by atoms with Crippen molar-refractivity contribution in [3.05, 3.63) is 211 Å². The molecule has 256 valence electrons. The number of hydrogen-bond acceptors (Lipinski definition) is 1. The molecule has 0 aromatic heterocycles. The third-order valence-corrected chi connectivity index (χ3v) is 11.4. The van der Waals surface area contributed by atoms with Crippen LogP contribution in [0.5, 0.6) is 0 Å². The van der Waals surface area contributed by atoms with Gasteiger partial charge in [0.25, 0.3) is 0 Å². The van der Waals surface area contributed by atoms with Crippen LogP contribution in [-0.2, 0) is 5.41 Å². The summed E-state index contributed by atoms with van der Waals surface area (Å²) in [6.45, 7) is 4.77. The maximum atomic E-state index is 2.52. The lowest BCUT2D eigenvalue weighted by atomic mass is 9.81. The molecule has 9 aromatic rings. The highest BCUT2D eigenvalue weighted by molar-refractivity contribution is 6.07. The van der Waals surface area contributed by atoms with E-state index < -0.39 is 0 Å². The van der Waals surface area contributed by atoms with E-state index in [-0.39, 0.29) is 5.41 Å². The van der Waals surface area contributed by atoms with Gasteiger partial charge in [-0.1, -0.05) is 190 Å². The third kappa shape index (κ3) is 5.08. The molecular formula is C53H39N. The summed E-state index contributed by atoms with van der Waals surface area (Å²) in [4.78, 5) is 2.52. The Bertz CT molecular complexity index is 2850. The van der Waals surface area contributed by atoms with E-state index in [0.717, 1.165) is 11.4 Å². The van der Waals surface area contributed by atoms with Crippen molar-refractivity contribution in [3.8, 4) is 44.5 Å². The molecule has 0 bridgehead atoms. The highest BCUT2D eigenvalue weighted by atomic mass is 15.1. The number of fused-ring (bicyclic) bond motifs is 5. The lowest BCUT2D eigenvalue weighted by molar-refractivity contribution is 0.661. The van der Waals surface area contributed by atoms with Crippen LogP contribution in [0, 0.1) is 0 Å². The Balaban J connectivity index is 1.25. The quantitative estimate of drug-likeness (QED) is 0.168. The highest BCUT2D eigenvalue weighted by Crippen LogP contribution is 2.55. The maximum absolute atomic E-state index is 2.52. The van der Waals surface area contributed by atoms with Gasteiger partial charge in [-0.15, -0.1) is 0 Å². The molecule has 0 fully saturated rings. The van der Waals surface area contributed by atoms with E-state index >= 15 is 0 Å². The molecule has 1 heteroatoms. The number of para-hydroxylation sites is 1. The second-order valence-electron chi connectivity index (χ2n) is 14.9. The van der Waals surface area contributed by atoms with Crippen molar-refractivity contribution in [2.75, 3.05) is 4.90 Å². The van der Waals surface area contributed by atoms with Crippen molar-refractivity contribution in [1.29, 1.82) is 0 Å². The Morgan fingerprint density at radius 1 is 0.370 bits per heavy atom. The summed E-state index contributed by atoms with van der Waals surface area (Å²) < 4.78 is 0. The average molecular weight is 690 g/mol. The van der Waals surface area contributed by atoms with Gasteiger partial charge in [-0.05, 0) is 95.9 Å². The van der Waals surface area contributed by atoms with Crippen LogP contribution >= 0.6 is 0 Å². The van der Waals surface area contributed by atoms with E-state index in [1.807, 2.05) is 0 Å². The largest absolute Gasteiger partial charge is 0.310 e. The number of rotatable bonds is 6. The standard InChI is InChI=1S/C53H39N/c1-53(2)48-32-10-8-26-45(48)47-31-16-34-50(52(47)53)54(49-33-11-9-27-46(49)44-30-13-20-36-19-6-7-25-41(36)44)40-24-12-23-39(35-40)43-29-15-22-38-21-14-28-42(51(38)43)37-17-4-3-5-18-37/h3-35H,1-2H3. The molecule has 0 saturated heterocycles. The van der Waals surface area contributed by atoms with E-state index in [4.69, 9.17) is 0 Å². The SMILES string of the molecule is CC1(C)c2ccccc2-c2cccc(N(c3cccc(-c4cccc5cccc(-c6ccccc6)c45)c3)c3ccccc3-c3cccc4ccccc34)c21. The summed E-state index contributed by atoms with van der Waals surface area (Å²) in [5.74, 6) is 0. The zero-order chi connectivity index (χ0) is 36.2. The molecule has 1 aliphatic rings. The molecule has 0 N–H and O–H groups in total. The van der Waals surface area contributed by atoms with Crippen LogP contribution in [0.15, 0.2) is 200 Å². The lowest BCUT2D eigenvalue weighted by Crippen LogP contribution is -2.21. The van der Waals surface area contributed by atoms with Crippen molar-refractivity contribution in [2.24, 2.45) is 0 Å². The van der Waals surface area contributed by atoms with E-state index in [1.165, 1.54) is 82.9 Å². The maximum Gasteiger partial charge on any atom is 0.0540 e. The number of anilines is 3. The van der Waals surface area contributed by atoms with Gasteiger partial charge in [-0.2, -0.15) is 0 Å². The molecule has 0 radical (unpaired) electrons. The lowest BCUT2D eigenvalue weighted by Gasteiger charge is -2.33. The topological polar surface area (TPSA) is 3.24 Å². The molecule has 1 nitrogen and oxygen atoms in total. The fraction of sp³-hybridized carbons (Fsp3) is 0.0566. The summed E-state index contributed by atoms with van der Waals surface area (Å²) in [5.41, 5.74) is 15.9. The minimum Gasteiger partial charge on any atom is -0.310 e. The van der Waals surface area contributed by atoms with Crippen molar-refractivity contribution in [2.45, 2.75) is 19.3 Å². The van der Waals surface area contributed by atoms with Gasteiger partial charge in [0.15, 0.2) is 0 Å². The summed E-state index contributed by atoms with van der Waals surface area (Å²) in [5, 5.41) is 4.98. The molecule has 9 aromatic carbocycles. The monoisotopic (exact) mass is 689 g/mol. The Labute approximate surface area is 317 Å². The second-order valence-corrected chi connectivity index (χ2v) is 14.9. The molecule has 1 aliphatic carbocycles. The van der Waals surface area contributed by atoms with Crippen LogP contribution in [-0.4, -0.2) is 0 Å². The minimum atomic E-state index is -0.201. The number of hydrogen-bond donors (Lipinski definition) is 0. The van der Waals surface area contributed by atoms with Gasteiger partial charge in [0, 0.05) is 16.7 Å². The molecule has 0 saturated carbocycles. The zero-order valence-electron chi connectivity index (χ0n) is 30.5. The van der Waals surface area contributed by atoms with Gasteiger partial charge in [-0.25, -0.2) is 0 Å². The van der Waals surface area contributed by atoms with E-state index in [0.29, 0.717) is 0 Å². The van der Waals surface area contributed by atoms with Gasteiger partial charge in [-0.3, -0.25) is 0 Å². The smallest absolute Gasteiger partial charge is 0.0540 e. The van der Waals surface area contributed by atoms with Crippen LogP contribution in [0.1, 0.15) is 25.0 Å². The first-order valence-electron chi connectivity index (χ1n) is 18.9. The summed E-state index contributed by atoms with van der Waals surface area (Å²) in [6.07, 6.45) is 0. The predicted octanol–water partition coefficient (Wildman–Crippen LogP) is 14.8. The first-order valence-corrected chi connectivity index (χ1v) is 18.9. The molecular weight excluding hydrogens is 651 g/mol. The van der Waals surface area contributed by atoms with Gasteiger partial charge in [0.05, 0.1) is 11.4 Å². The molecule has 0 spiro atoms. The third-order valence-electron chi connectivity index (χ3n) is 11.4. The summed E-state index contributed by atoms with van der Waals surface area (Å²) in [6, 6.07) is 73.4. The van der Waals surface area contributed by atoms with Crippen molar-refractivity contribution >= 4 is 38.6 Å². The minimum absolute atomic E-state index is 0.201. The van der Waals surface area contributed by atoms with E-state index in [1.54, 1.807) is 0 Å². The molecule has 0 aliphatic heterocycles. The number of nitrogens with zero attached hydrogens (tertiary/aromatic N) is 1. The Kier molecular flexibility index (Phi) is 7.56. The predicted molar refractivity (Wildman–Crippen MR) is 230 cm³/mol. The van der Waals surface area contributed by atoms with Gasteiger partial charge >= 0.3 is 0 Å². The Hall–Kier alpha value is -6.70. The second kappa shape index (κ2) is 12.8. The van der Waals surface area contributed by atoms with Crippen LogP contribution in [0.2, 0.25) is 0 Å². The Morgan fingerprint density at radius 3 is 1.74 bits per heavy atom. The van der Waals surface area contributed by atoms with Crippen LogP contribution in [0.4, 0.5) is 17.1 Å².